The summed E-state index contributed by atoms with van der Waals surface area (Å²) in [6.07, 6.45) is 0.378. The van der Waals surface area contributed by atoms with Crippen LogP contribution in [0.5, 0.6) is 0 Å². The number of imide groups is 1. The fourth-order valence-electron chi connectivity index (χ4n) is 4.54. The smallest absolute Gasteiger partial charge is 0.326 e. The number of nitrogens with one attached hydrogen (secondary N) is 1. The standard InChI is InChI=1S/C24H31N3O5/c1-7-27(16(5)28)22(29)19-13-20(25-24(19,6)23(30)31-8-2)17-9-11-18(12-10-17)21-14(3)26-32-15(21)4/h9-12,19-20,25H,7-8,13H2,1-6H3/t19?,20-,24+/m0/s1. The Morgan fingerprint density at radius 3 is 2.38 bits per heavy atom. The maximum absolute atomic E-state index is 13.2. The molecule has 8 heteroatoms. The van der Waals surface area contributed by atoms with Crippen LogP contribution in [-0.4, -0.2) is 46.5 Å². The zero-order chi connectivity index (χ0) is 23.6. The van der Waals surface area contributed by atoms with E-state index in [4.69, 9.17) is 9.26 Å². The summed E-state index contributed by atoms with van der Waals surface area (Å²) in [6.45, 7) is 10.7. The Kier molecular flexibility index (Phi) is 6.83. The van der Waals surface area contributed by atoms with E-state index >= 15 is 0 Å². The fraction of sp³-hybridized carbons (Fsp3) is 0.500. The number of carbonyl (C=O) groups is 3. The van der Waals surface area contributed by atoms with Gasteiger partial charge in [0.05, 0.1) is 18.2 Å². The van der Waals surface area contributed by atoms with Gasteiger partial charge in [-0.3, -0.25) is 24.6 Å². The number of rotatable bonds is 6. The molecule has 172 valence electrons. The van der Waals surface area contributed by atoms with Gasteiger partial charge in [0.25, 0.3) is 0 Å². The fourth-order valence-corrected chi connectivity index (χ4v) is 4.54. The Morgan fingerprint density at radius 1 is 1.22 bits per heavy atom. The van der Waals surface area contributed by atoms with E-state index in [1.807, 2.05) is 38.1 Å². The predicted octanol–water partition coefficient (Wildman–Crippen LogP) is 3.33. The van der Waals surface area contributed by atoms with Crippen LogP contribution in [0.25, 0.3) is 11.1 Å². The normalized spacial score (nSPS) is 22.6. The topological polar surface area (TPSA) is 102 Å². The highest BCUT2D eigenvalue weighted by molar-refractivity contribution is 5.99. The molecule has 0 saturated carbocycles. The van der Waals surface area contributed by atoms with Gasteiger partial charge in [-0.2, -0.15) is 0 Å². The minimum Gasteiger partial charge on any atom is -0.465 e. The summed E-state index contributed by atoms with van der Waals surface area (Å²) in [4.78, 5) is 39.3. The second kappa shape index (κ2) is 9.24. The molecular formula is C24H31N3O5. The van der Waals surface area contributed by atoms with Crippen molar-refractivity contribution in [2.24, 2.45) is 5.92 Å². The minimum absolute atomic E-state index is 0.206. The number of esters is 1. The highest BCUT2D eigenvalue weighted by atomic mass is 16.5. The summed E-state index contributed by atoms with van der Waals surface area (Å²) in [5.74, 6) is -1.17. The Labute approximate surface area is 188 Å². The van der Waals surface area contributed by atoms with Gasteiger partial charge in [0, 0.05) is 25.1 Å². The average molecular weight is 442 g/mol. The van der Waals surface area contributed by atoms with Crippen LogP contribution in [0, 0.1) is 19.8 Å². The monoisotopic (exact) mass is 441 g/mol. The Bertz CT molecular complexity index is 994. The lowest BCUT2D eigenvalue weighted by Crippen LogP contribution is -2.55. The lowest BCUT2D eigenvalue weighted by molar-refractivity contribution is -0.158. The van der Waals surface area contributed by atoms with Gasteiger partial charge in [-0.25, -0.2) is 0 Å². The Morgan fingerprint density at radius 2 is 1.88 bits per heavy atom. The molecule has 0 bridgehead atoms. The first-order valence-corrected chi connectivity index (χ1v) is 10.9. The number of nitrogens with zero attached hydrogens (tertiary/aromatic N) is 2. The lowest BCUT2D eigenvalue weighted by Gasteiger charge is -2.31. The van der Waals surface area contributed by atoms with Gasteiger partial charge in [-0.1, -0.05) is 29.4 Å². The molecule has 1 aliphatic heterocycles. The van der Waals surface area contributed by atoms with Crippen molar-refractivity contribution in [3.8, 4) is 11.1 Å². The first-order valence-electron chi connectivity index (χ1n) is 10.9. The molecule has 8 nitrogen and oxygen atoms in total. The van der Waals surface area contributed by atoms with Crippen LogP contribution in [0.4, 0.5) is 0 Å². The van der Waals surface area contributed by atoms with Gasteiger partial charge in [0.1, 0.15) is 11.3 Å². The maximum Gasteiger partial charge on any atom is 0.326 e. The maximum atomic E-state index is 13.2. The summed E-state index contributed by atoms with van der Waals surface area (Å²) in [7, 11) is 0. The number of amides is 2. The van der Waals surface area contributed by atoms with E-state index in [1.165, 1.54) is 11.8 Å². The number of ether oxygens (including phenoxy) is 1. The van der Waals surface area contributed by atoms with E-state index in [0.717, 1.165) is 28.1 Å². The molecule has 1 unspecified atom stereocenters. The van der Waals surface area contributed by atoms with Crippen LogP contribution in [-0.2, 0) is 19.1 Å². The summed E-state index contributed by atoms with van der Waals surface area (Å²) in [6, 6.07) is 7.66. The summed E-state index contributed by atoms with van der Waals surface area (Å²) < 4.78 is 10.6. The number of carbonyl (C=O) groups excluding carboxylic acids is 3. The summed E-state index contributed by atoms with van der Waals surface area (Å²) >= 11 is 0. The van der Waals surface area contributed by atoms with Crippen LogP contribution in [0.1, 0.15) is 57.2 Å². The number of hydrogen-bond acceptors (Lipinski definition) is 7. The highest BCUT2D eigenvalue weighted by Crippen LogP contribution is 2.40. The molecule has 1 saturated heterocycles. The third-order valence-electron chi connectivity index (χ3n) is 6.24. The van der Waals surface area contributed by atoms with Gasteiger partial charge < -0.3 is 9.26 Å². The van der Waals surface area contributed by atoms with Gasteiger partial charge in [-0.05, 0) is 52.2 Å². The molecule has 2 heterocycles. The second-order valence-corrected chi connectivity index (χ2v) is 8.33. The van der Waals surface area contributed by atoms with Crippen LogP contribution >= 0.6 is 0 Å². The Hall–Kier alpha value is -3.00. The molecule has 2 amide bonds. The van der Waals surface area contributed by atoms with Gasteiger partial charge in [0.2, 0.25) is 11.8 Å². The van der Waals surface area contributed by atoms with Crippen molar-refractivity contribution in [3.63, 3.8) is 0 Å². The average Bonchev–Trinajstić information content (AvgIpc) is 3.28. The first kappa shape index (κ1) is 23.7. The number of aryl methyl sites for hydroxylation is 2. The molecule has 2 aromatic rings. The molecular weight excluding hydrogens is 410 g/mol. The van der Waals surface area contributed by atoms with Crippen LogP contribution in [0.3, 0.4) is 0 Å². The summed E-state index contributed by atoms with van der Waals surface area (Å²) in [5.41, 5.74) is 2.47. The predicted molar refractivity (Wildman–Crippen MR) is 119 cm³/mol. The largest absolute Gasteiger partial charge is 0.465 e. The molecule has 1 aliphatic rings. The van der Waals surface area contributed by atoms with E-state index < -0.39 is 17.4 Å². The van der Waals surface area contributed by atoms with E-state index in [0.29, 0.717) is 6.42 Å². The molecule has 1 N–H and O–H groups in total. The minimum atomic E-state index is -1.24. The molecule has 1 aromatic heterocycles. The molecule has 0 aliphatic carbocycles. The SMILES string of the molecule is CCOC(=O)[C@]1(C)N[C@H](c2ccc(-c3c(C)noc3C)cc2)CC1C(=O)N(CC)C(C)=O. The third kappa shape index (κ3) is 4.19. The molecule has 1 aromatic carbocycles. The van der Waals surface area contributed by atoms with Crippen LogP contribution < -0.4 is 5.32 Å². The van der Waals surface area contributed by atoms with Crippen molar-refractivity contribution < 1.29 is 23.6 Å². The first-order chi connectivity index (χ1) is 15.1. The number of benzene rings is 1. The van der Waals surface area contributed by atoms with E-state index in [-0.39, 0.29) is 31.0 Å². The lowest BCUT2D eigenvalue weighted by atomic mass is 9.85. The van der Waals surface area contributed by atoms with Crippen molar-refractivity contribution in [1.82, 2.24) is 15.4 Å². The molecule has 0 radical (unpaired) electrons. The molecule has 32 heavy (non-hydrogen) atoms. The zero-order valence-electron chi connectivity index (χ0n) is 19.5. The van der Waals surface area contributed by atoms with Crippen molar-refractivity contribution in [2.45, 2.75) is 59.5 Å². The van der Waals surface area contributed by atoms with Crippen molar-refractivity contribution in [3.05, 3.63) is 41.3 Å². The summed E-state index contributed by atoms with van der Waals surface area (Å²) in [5, 5.41) is 7.34. The quantitative estimate of drug-likeness (QED) is 0.686. The van der Waals surface area contributed by atoms with Crippen LogP contribution in [0.15, 0.2) is 28.8 Å². The van der Waals surface area contributed by atoms with E-state index in [2.05, 4.69) is 10.5 Å². The van der Waals surface area contributed by atoms with Crippen molar-refractivity contribution in [2.75, 3.05) is 13.2 Å². The molecule has 3 rings (SSSR count). The van der Waals surface area contributed by atoms with Gasteiger partial charge >= 0.3 is 5.97 Å². The highest BCUT2D eigenvalue weighted by Gasteiger charge is 2.54. The van der Waals surface area contributed by atoms with Crippen molar-refractivity contribution in [1.29, 1.82) is 0 Å². The number of aromatic nitrogens is 1. The number of hydrogen-bond donors (Lipinski definition) is 1. The van der Waals surface area contributed by atoms with Gasteiger partial charge in [0.15, 0.2) is 0 Å². The zero-order valence-corrected chi connectivity index (χ0v) is 19.5. The third-order valence-corrected chi connectivity index (χ3v) is 6.24. The van der Waals surface area contributed by atoms with Crippen molar-refractivity contribution >= 4 is 17.8 Å². The Balaban J connectivity index is 1.92. The van der Waals surface area contributed by atoms with E-state index in [9.17, 15) is 14.4 Å². The molecule has 1 fully saturated rings. The molecule has 3 atom stereocenters. The van der Waals surface area contributed by atoms with Gasteiger partial charge in [-0.15, -0.1) is 0 Å². The molecule has 0 spiro atoms. The van der Waals surface area contributed by atoms with E-state index in [1.54, 1.807) is 20.8 Å². The van der Waals surface area contributed by atoms with Crippen LogP contribution in [0.2, 0.25) is 0 Å². The second-order valence-electron chi connectivity index (χ2n) is 8.33.